The molecule has 0 spiro atoms. The van der Waals surface area contributed by atoms with Gasteiger partial charge in [0.25, 0.3) is 5.91 Å². The van der Waals surface area contributed by atoms with E-state index in [4.69, 9.17) is 0 Å². The van der Waals surface area contributed by atoms with E-state index < -0.39 is 0 Å². The van der Waals surface area contributed by atoms with Crippen LogP contribution >= 0.6 is 0 Å². The second-order valence-electron chi connectivity index (χ2n) is 5.20. The van der Waals surface area contributed by atoms with Gasteiger partial charge in [-0.2, -0.15) is 0 Å². The second-order valence-corrected chi connectivity index (χ2v) is 5.20. The van der Waals surface area contributed by atoms with Crippen LogP contribution in [0, 0.1) is 5.41 Å². The van der Waals surface area contributed by atoms with E-state index in [0.717, 1.165) is 19.3 Å². The van der Waals surface area contributed by atoms with Crippen LogP contribution in [0.3, 0.4) is 0 Å². The highest BCUT2D eigenvalue weighted by Gasteiger charge is 2.34. The van der Waals surface area contributed by atoms with Gasteiger partial charge in [-0.05, 0) is 30.7 Å². The molecule has 1 fully saturated rings. The van der Waals surface area contributed by atoms with Crippen LogP contribution in [0.2, 0.25) is 0 Å². The molecule has 1 aromatic heterocycles. The lowest BCUT2D eigenvalue weighted by molar-refractivity contribution is 0.0336. The van der Waals surface area contributed by atoms with Crippen LogP contribution in [0.15, 0.2) is 18.5 Å². The Balaban J connectivity index is 2.06. The number of aliphatic hydroxyl groups is 1. The smallest absolute Gasteiger partial charge is 0.257 e. The lowest BCUT2D eigenvalue weighted by atomic mass is 9.77. The predicted octanol–water partition coefficient (Wildman–Crippen LogP) is 1.41. The number of aromatic nitrogens is 1. The Morgan fingerprint density at radius 2 is 2.16 bits per heavy atom. The van der Waals surface area contributed by atoms with Crippen molar-refractivity contribution in [1.82, 2.24) is 9.88 Å². The van der Waals surface area contributed by atoms with Crippen molar-refractivity contribution in [2.24, 2.45) is 5.41 Å². The van der Waals surface area contributed by atoms with Crippen molar-refractivity contribution < 1.29 is 15.0 Å². The Bertz CT molecular complexity index is 448. The second kappa shape index (κ2) is 5.57. The zero-order valence-corrected chi connectivity index (χ0v) is 11.2. The lowest BCUT2D eigenvalue weighted by Crippen LogP contribution is -2.44. The normalized spacial score (nSPS) is 18.3. The first-order chi connectivity index (χ1) is 9.12. The molecule has 1 aromatic rings. The largest absolute Gasteiger partial charge is 0.505 e. The minimum atomic E-state index is -0.164. The third kappa shape index (κ3) is 2.71. The molecular weight excluding hydrogens is 244 g/mol. The fourth-order valence-electron chi connectivity index (χ4n) is 2.54. The molecule has 19 heavy (non-hydrogen) atoms. The topological polar surface area (TPSA) is 73.7 Å². The van der Waals surface area contributed by atoms with Crippen LogP contribution in [0.4, 0.5) is 0 Å². The number of amides is 1. The summed E-state index contributed by atoms with van der Waals surface area (Å²) in [4.78, 5) is 17.8. The SMILES string of the molecule is CCC1(CO)CCN(C(=O)c2ccncc2O)CC1. The molecule has 1 saturated heterocycles. The number of carbonyl (C=O) groups excluding carboxylic acids is 1. The summed E-state index contributed by atoms with van der Waals surface area (Å²) < 4.78 is 0. The van der Waals surface area contributed by atoms with Crippen molar-refractivity contribution in [2.75, 3.05) is 19.7 Å². The molecule has 104 valence electrons. The van der Waals surface area contributed by atoms with Crippen molar-refractivity contribution in [2.45, 2.75) is 26.2 Å². The van der Waals surface area contributed by atoms with E-state index in [9.17, 15) is 15.0 Å². The lowest BCUT2D eigenvalue weighted by Gasteiger charge is -2.40. The summed E-state index contributed by atoms with van der Waals surface area (Å²) in [6.07, 6.45) is 5.31. The Labute approximate surface area is 112 Å². The number of carbonyl (C=O) groups is 1. The van der Waals surface area contributed by atoms with Crippen molar-refractivity contribution in [3.8, 4) is 5.75 Å². The van der Waals surface area contributed by atoms with E-state index >= 15 is 0 Å². The molecule has 0 bridgehead atoms. The zero-order valence-electron chi connectivity index (χ0n) is 11.2. The predicted molar refractivity (Wildman–Crippen MR) is 70.8 cm³/mol. The number of piperidine rings is 1. The molecule has 2 N–H and O–H groups in total. The van der Waals surface area contributed by atoms with Gasteiger partial charge < -0.3 is 15.1 Å². The molecule has 0 aromatic carbocycles. The number of hydrogen-bond acceptors (Lipinski definition) is 4. The van der Waals surface area contributed by atoms with Crippen molar-refractivity contribution in [3.63, 3.8) is 0 Å². The maximum Gasteiger partial charge on any atom is 0.257 e. The Morgan fingerprint density at radius 1 is 1.47 bits per heavy atom. The summed E-state index contributed by atoms with van der Waals surface area (Å²) >= 11 is 0. The van der Waals surface area contributed by atoms with Crippen LogP contribution in [0.1, 0.15) is 36.5 Å². The molecule has 2 heterocycles. The number of aromatic hydroxyl groups is 1. The van der Waals surface area contributed by atoms with Crippen LogP contribution in [0.25, 0.3) is 0 Å². The van der Waals surface area contributed by atoms with Gasteiger partial charge in [-0.1, -0.05) is 6.92 Å². The van der Waals surface area contributed by atoms with E-state index in [1.165, 1.54) is 18.5 Å². The van der Waals surface area contributed by atoms with Crippen LogP contribution in [0.5, 0.6) is 5.75 Å². The highest BCUT2D eigenvalue weighted by molar-refractivity contribution is 5.96. The zero-order chi connectivity index (χ0) is 13.9. The van der Waals surface area contributed by atoms with E-state index in [2.05, 4.69) is 11.9 Å². The van der Waals surface area contributed by atoms with Gasteiger partial charge in [0.15, 0.2) is 0 Å². The number of likely N-dealkylation sites (tertiary alicyclic amines) is 1. The quantitative estimate of drug-likeness (QED) is 0.865. The van der Waals surface area contributed by atoms with Gasteiger partial charge in [0.2, 0.25) is 0 Å². The molecule has 5 nitrogen and oxygen atoms in total. The van der Waals surface area contributed by atoms with Crippen molar-refractivity contribution in [1.29, 1.82) is 0 Å². The van der Waals surface area contributed by atoms with E-state index in [1.54, 1.807) is 4.90 Å². The molecule has 0 atom stereocenters. The summed E-state index contributed by atoms with van der Waals surface area (Å²) in [6.45, 7) is 3.48. The first kappa shape index (κ1) is 13.8. The minimum Gasteiger partial charge on any atom is -0.505 e. The molecule has 1 aliphatic heterocycles. The standard InChI is InChI=1S/C14H20N2O3/c1-2-14(10-17)4-7-16(8-5-14)13(19)11-3-6-15-9-12(11)18/h3,6,9,17-18H,2,4-5,7-8,10H2,1H3. The Hall–Kier alpha value is -1.62. The molecule has 0 radical (unpaired) electrons. The summed E-state index contributed by atoms with van der Waals surface area (Å²) in [5.74, 6) is -0.246. The molecule has 2 rings (SSSR count). The molecule has 0 aliphatic carbocycles. The summed E-state index contributed by atoms with van der Waals surface area (Å²) in [5, 5.41) is 19.1. The van der Waals surface area contributed by atoms with E-state index in [0.29, 0.717) is 18.7 Å². The number of aliphatic hydroxyl groups excluding tert-OH is 1. The summed E-state index contributed by atoms with van der Waals surface area (Å²) in [5.41, 5.74) is 0.250. The van der Waals surface area contributed by atoms with Gasteiger partial charge >= 0.3 is 0 Å². The van der Waals surface area contributed by atoms with Crippen LogP contribution in [-0.2, 0) is 0 Å². The molecule has 5 heteroatoms. The molecule has 1 aliphatic rings. The molecule has 0 unspecified atom stereocenters. The van der Waals surface area contributed by atoms with Gasteiger partial charge in [0.05, 0.1) is 11.8 Å². The van der Waals surface area contributed by atoms with Gasteiger partial charge in [0, 0.05) is 25.9 Å². The minimum absolute atomic E-state index is 0.0446. The van der Waals surface area contributed by atoms with Gasteiger partial charge in [-0.3, -0.25) is 9.78 Å². The van der Waals surface area contributed by atoms with E-state index in [1.807, 2.05) is 0 Å². The molecule has 0 saturated carbocycles. The third-order valence-corrected chi connectivity index (χ3v) is 4.23. The number of pyridine rings is 1. The molecular formula is C14H20N2O3. The van der Waals surface area contributed by atoms with E-state index in [-0.39, 0.29) is 23.7 Å². The van der Waals surface area contributed by atoms with Gasteiger partial charge in [0.1, 0.15) is 5.75 Å². The highest BCUT2D eigenvalue weighted by atomic mass is 16.3. The third-order valence-electron chi connectivity index (χ3n) is 4.23. The van der Waals surface area contributed by atoms with Crippen molar-refractivity contribution in [3.05, 3.63) is 24.0 Å². The monoisotopic (exact) mass is 264 g/mol. The highest BCUT2D eigenvalue weighted by Crippen LogP contribution is 2.34. The first-order valence-corrected chi connectivity index (χ1v) is 6.65. The summed E-state index contributed by atoms with van der Waals surface area (Å²) in [7, 11) is 0. The van der Waals surface area contributed by atoms with Crippen LogP contribution in [-0.4, -0.2) is 45.7 Å². The number of rotatable bonds is 3. The Morgan fingerprint density at radius 3 is 2.68 bits per heavy atom. The maximum atomic E-state index is 12.3. The fraction of sp³-hybridized carbons (Fsp3) is 0.571. The summed E-state index contributed by atoms with van der Waals surface area (Å²) in [6, 6.07) is 1.53. The maximum absolute atomic E-state index is 12.3. The van der Waals surface area contributed by atoms with Crippen molar-refractivity contribution >= 4 is 5.91 Å². The van der Waals surface area contributed by atoms with Gasteiger partial charge in [-0.15, -0.1) is 0 Å². The number of nitrogens with zero attached hydrogens (tertiary/aromatic N) is 2. The number of hydrogen-bond donors (Lipinski definition) is 2. The first-order valence-electron chi connectivity index (χ1n) is 6.65. The average molecular weight is 264 g/mol. The van der Waals surface area contributed by atoms with Gasteiger partial charge in [-0.25, -0.2) is 0 Å². The van der Waals surface area contributed by atoms with Crippen LogP contribution < -0.4 is 0 Å². The fourth-order valence-corrected chi connectivity index (χ4v) is 2.54. The molecule has 1 amide bonds. The average Bonchev–Trinajstić information content (AvgIpc) is 2.47. The Kier molecular flexibility index (Phi) is 4.04.